The van der Waals surface area contributed by atoms with E-state index < -0.39 is 16.0 Å². The van der Waals surface area contributed by atoms with Gasteiger partial charge in [0.25, 0.3) is 0 Å². The van der Waals surface area contributed by atoms with Crippen LogP contribution < -0.4 is 0 Å². The fourth-order valence-corrected chi connectivity index (χ4v) is 6.06. The first kappa shape index (κ1) is 14.8. The SMILES string of the molecule is Cc1csc(C(=O)O)c1S(=O)(=O)N1CCCSCC1. The van der Waals surface area contributed by atoms with Crippen molar-refractivity contribution in [3.63, 3.8) is 0 Å². The summed E-state index contributed by atoms with van der Waals surface area (Å²) in [6, 6.07) is 0. The van der Waals surface area contributed by atoms with Gasteiger partial charge in [0, 0.05) is 18.8 Å². The minimum Gasteiger partial charge on any atom is -0.477 e. The molecule has 19 heavy (non-hydrogen) atoms. The lowest BCUT2D eigenvalue weighted by molar-refractivity contribution is 0.0698. The molecule has 1 aromatic rings. The van der Waals surface area contributed by atoms with Crippen molar-refractivity contribution in [2.24, 2.45) is 0 Å². The van der Waals surface area contributed by atoms with E-state index in [1.807, 2.05) is 0 Å². The molecule has 0 bridgehead atoms. The van der Waals surface area contributed by atoms with Crippen molar-refractivity contribution in [1.82, 2.24) is 4.31 Å². The van der Waals surface area contributed by atoms with E-state index in [1.165, 1.54) is 4.31 Å². The van der Waals surface area contributed by atoms with Crippen LogP contribution in [0.2, 0.25) is 0 Å². The predicted molar refractivity (Wildman–Crippen MR) is 76.7 cm³/mol. The lowest BCUT2D eigenvalue weighted by atomic mass is 10.3. The molecule has 0 saturated carbocycles. The van der Waals surface area contributed by atoms with Crippen LogP contribution in [0, 0.1) is 6.92 Å². The van der Waals surface area contributed by atoms with Crippen LogP contribution in [0.15, 0.2) is 10.3 Å². The third-order valence-electron chi connectivity index (χ3n) is 2.89. The quantitative estimate of drug-likeness (QED) is 0.920. The van der Waals surface area contributed by atoms with E-state index in [0.717, 1.165) is 29.3 Å². The van der Waals surface area contributed by atoms with Crippen LogP contribution in [0.5, 0.6) is 0 Å². The lowest BCUT2D eigenvalue weighted by Crippen LogP contribution is -2.33. The highest BCUT2D eigenvalue weighted by atomic mass is 32.2. The summed E-state index contributed by atoms with van der Waals surface area (Å²) in [6.45, 7) is 2.55. The molecule has 1 aromatic heterocycles. The van der Waals surface area contributed by atoms with Gasteiger partial charge < -0.3 is 5.11 Å². The molecule has 0 aliphatic carbocycles. The maximum atomic E-state index is 12.6. The monoisotopic (exact) mass is 321 g/mol. The second-order valence-corrected chi connectivity index (χ2v) is 8.23. The molecule has 106 valence electrons. The van der Waals surface area contributed by atoms with Crippen LogP contribution in [0.1, 0.15) is 21.7 Å². The molecule has 2 heterocycles. The van der Waals surface area contributed by atoms with E-state index >= 15 is 0 Å². The van der Waals surface area contributed by atoms with Crippen molar-refractivity contribution in [3.8, 4) is 0 Å². The lowest BCUT2D eigenvalue weighted by Gasteiger charge is -2.20. The molecule has 1 saturated heterocycles. The van der Waals surface area contributed by atoms with Gasteiger partial charge in [-0.1, -0.05) is 0 Å². The van der Waals surface area contributed by atoms with E-state index in [1.54, 1.807) is 24.1 Å². The Morgan fingerprint density at radius 3 is 2.79 bits per heavy atom. The molecular weight excluding hydrogens is 306 g/mol. The Labute approximate surface area is 120 Å². The van der Waals surface area contributed by atoms with Crippen LogP contribution in [0.25, 0.3) is 0 Å². The molecule has 0 spiro atoms. The van der Waals surface area contributed by atoms with Gasteiger partial charge in [-0.25, -0.2) is 13.2 Å². The predicted octanol–water partition coefficient (Wildman–Crippen LogP) is 1.88. The second-order valence-electron chi connectivity index (χ2n) is 4.25. The van der Waals surface area contributed by atoms with Crippen molar-refractivity contribution in [3.05, 3.63) is 15.8 Å². The summed E-state index contributed by atoms with van der Waals surface area (Å²) < 4.78 is 26.6. The number of carboxylic acids is 1. The van der Waals surface area contributed by atoms with Gasteiger partial charge in [-0.2, -0.15) is 16.1 Å². The van der Waals surface area contributed by atoms with Gasteiger partial charge >= 0.3 is 5.97 Å². The summed E-state index contributed by atoms with van der Waals surface area (Å²) in [7, 11) is -3.70. The Hall–Kier alpha value is -0.570. The molecule has 1 fully saturated rings. The number of rotatable bonds is 3. The third-order valence-corrected chi connectivity index (χ3v) is 7.24. The highest BCUT2D eigenvalue weighted by Crippen LogP contribution is 2.30. The average molecular weight is 321 g/mol. The molecule has 5 nitrogen and oxygen atoms in total. The van der Waals surface area contributed by atoms with E-state index in [4.69, 9.17) is 5.11 Å². The molecule has 2 rings (SSSR count). The number of aromatic carboxylic acids is 1. The van der Waals surface area contributed by atoms with Gasteiger partial charge in [0.1, 0.15) is 9.77 Å². The first-order valence-corrected chi connectivity index (χ1v) is 9.31. The molecule has 8 heteroatoms. The third kappa shape index (κ3) is 2.96. The zero-order valence-corrected chi connectivity index (χ0v) is 12.9. The molecule has 0 unspecified atom stereocenters. The first-order valence-electron chi connectivity index (χ1n) is 5.84. The zero-order chi connectivity index (χ0) is 14.0. The number of nitrogens with zero attached hydrogens (tertiary/aromatic N) is 1. The summed E-state index contributed by atoms with van der Waals surface area (Å²) in [6.07, 6.45) is 0.801. The minimum absolute atomic E-state index is 0.0306. The largest absolute Gasteiger partial charge is 0.477 e. The summed E-state index contributed by atoms with van der Waals surface area (Å²) >= 11 is 2.70. The second kappa shape index (κ2) is 5.82. The summed E-state index contributed by atoms with van der Waals surface area (Å²) in [4.78, 5) is 11.0. The molecular formula is C11H15NO4S3. The minimum atomic E-state index is -3.70. The van der Waals surface area contributed by atoms with Gasteiger partial charge in [-0.15, -0.1) is 11.3 Å². The molecule has 0 amide bonds. The van der Waals surface area contributed by atoms with E-state index in [9.17, 15) is 13.2 Å². The van der Waals surface area contributed by atoms with Gasteiger partial charge in [-0.3, -0.25) is 0 Å². The fraction of sp³-hybridized carbons (Fsp3) is 0.545. The topological polar surface area (TPSA) is 74.7 Å². The maximum Gasteiger partial charge on any atom is 0.347 e. The average Bonchev–Trinajstić information content (AvgIpc) is 2.58. The van der Waals surface area contributed by atoms with Crippen LogP contribution in [-0.2, 0) is 10.0 Å². The first-order chi connectivity index (χ1) is 8.94. The van der Waals surface area contributed by atoms with Crippen LogP contribution in [0.4, 0.5) is 0 Å². The number of thioether (sulfide) groups is 1. The van der Waals surface area contributed by atoms with Gasteiger partial charge in [0.05, 0.1) is 0 Å². The maximum absolute atomic E-state index is 12.6. The summed E-state index contributed by atoms with van der Waals surface area (Å²) in [5.74, 6) is 0.520. The number of aryl methyl sites for hydroxylation is 1. The Balaban J connectivity index is 2.43. The van der Waals surface area contributed by atoms with E-state index in [2.05, 4.69) is 0 Å². The molecule has 0 atom stereocenters. The number of hydrogen-bond donors (Lipinski definition) is 1. The highest BCUT2D eigenvalue weighted by molar-refractivity contribution is 7.99. The number of sulfonamides is 1. The van der Waals surface area contributed by atoms with Crippen molar-refractivity contribution < 1.29 is 18.3 Å². The normalized spacial score (nSPS) is 18.2. The fourth-order valence-electron chi connectivity index (χ4n) is 1.99. The van der Waals surface area contributed by atoms with Crippen LogP contribution in [-0.4, -0.2) is 48.4 Å². The number of hydrogen-bond acceptors (Lipinski definition) is 5. The number of carboxylic acid groups (broad SMARTS) is 1. The van der Waals surface area contributed by atoms with E-state index in [-0.39, 0.29) is 9.77 Å². The van der Waals surface area contributed by atoms with Crippen molar-refractivity contribution in [1.29, 1.82) is 0 Å². The standard InChI is InChI=1S/C11H15NO4S3/c1-8-7-18-9(11(13)14)10(8)19(15,16)12-3-2-5-17-6-4-12/h7H,2-6H2,1H3,(H,13,14). The molecule has 0 radical (unpaired) electrons. The Morgan fingerprint density at radius 1 is 1.37 bits per heavy atom. The molecule has 1 aliphatic heterocycles. The van der Waals surface area contributed by atoms with Crippen LogP contribution in [0.3, 0.4) is 0 Å². The van der Waals surface area contributed by atoms with Crippen LogP contribution >= 0.6 is 23.1 Å². The van der Waals surface area contributed by atoms with Gasteiger partial charge in [0.15, 0.2) is 0 Å². The van der Waals surface area contributed by atoms with Gasteiger partial charge in [0.2, 0.25) is 10.0 Å². The Bertz CT molecular complexity index is 571. The van der Waals surface area contributed by atoms with E-state index in [0.29, 0.717) is 18.7 Å². The Morgan fingerprint density at radius 2 is 2.11 bits per heavy atom. The van der Waals surface area contributed by atoms with Crippen molar-refractivity contribution in [2.75, 3.05) is 24.6 Å². The molecule has 1 aliphatic rings. The summed E-state index contributed by atoms with van der Waals surface area (Å²) in [5, 5.41) is 10.7. The molecule has 1 N–H and O–H groups in total. The zero-order valence-electron chi connectivity index (χ0n) is 10.5. The highest BCUT2D eigenvalue weighted by Gasteiger charge is 2.32. The number of thiophene rings is 1. The molecule has 0 aromatic carbocycles. The Kier molecular flexibility index (Phi) is 4.54. The number of carbonyl (C=O) groups is 1. The van der Waals surface area contributed by atoms with Crippen molar-refractivity contribution in [2.45, 2.75) is 18.2 Å². The summed E-state index contributed by atoms with van der Waals surface area (Å²) in [5.41, 5.74) is 0.513. The van der Waals surface area contributed by atoms with Crippen molar-refractivity contribution >= 4 is 39.1 Å². The van der Waals surface area contributed by atoms with Gasteiger partial charge in [-0.05, 0) is 30.0 Å². The smallest absolute Gasteiger partial charge is 0.347 e.